The molecule has 3 atom stereocenters. The normalized spacial score (nSPS) is 27.5. The van der Waals surface area contributed by atoms with Crippen LogP contribution in [-0.4, -0.2) is 59.0 Å². The monoisotopic (exact) mass is 303 g/mol. The lowest BCUT2D eigenvalue weighted by molar-refractivity contribution is -0.0937. The van der Waals surface area contributed by atoms with Crippen LogP contribution in [0.1, 0.15) is 29.6 Å². The number of hydrogen-bond acceptors (Lipinski definition) is 5. The van der Waals surface area contributed by atoms with Crippen LogP contribution in [0.3, 0.4) is 0 Å². The minimum absolute atomic E-state index is 0.0207. The lowest BCUT2D eigenvalue weighted by atomic mass is 9.99. The zero-order valence-corrected chi connectivity index (χ0v) is 12.6. The summed E-state index contributed by atoms with van der Waals surface area (Å²) >= 11 is 0. The van der Waals surface area contributed by atoms with Crippen molar-refractivity contribution in [3.8, 4) is 0 Å². The van der Waals surface area contributed by atoms with Crippen molar-refractivity contribution in [2.24, 2.45) is 0 Å². The van der Waals surface area contributed by atoms with E-state index in [-0.39, 0.29) is 24.2 Å². The van der Waals surface area contributed by atoms with Crippen molar-refractivity contribution in [1.29, 1.82) is 0 Å². The van der Waals surface area contributed by atoms with Crippen LogP contribution in [0.2, 0.25) is 0 Å². The molecular formula is C16H21N3O3. The third-order valence-electron chi connectivity index (χ3n) is 4.27. The van der Waals surface area contributed by atoms with Crippen LogP contribution < -0.4 is 0 Å². The van der Waals surface area contributed by atoms with Crippen LogP contribution >= 0.6 is 0 Å². The molecule has 2 fully saturated rings. The van der Waals surface area contributed by atoms with Crippen molar-refractivity contribution in [1.82, 2.24) is 15.1 Å². The number of ether oxygens (including phenoxy) is 2. The van der Waals surface area contributed by atoms with Crippen molar-refractivity contribution in [2.75, 3.05) is 19.8 Å². The second-order valence-corrected chi connectivity index (χ2v) is 5.69. The Balaban J connectivity index is 1.58. The highest BCUT2D eigenvalue weighted by molar-refractivity contribution is 5.94. The quantitative estimate of drug-likeness (QED) is 0.608. The van der Waals surface area contributed by atoms with Gasteiger partial charge in [0.1, 0.15) is 0 Å². The molecule has 0 radical (unpaired) electrons. The lowest BCUT2D eigenvalue weighted by Crippen LogP contribution is -2.46. The van der Waals surface area contributed by atoms with Crippen LogP contribution in [0, 0.1) is 0 Å². The largest absolute Gasteiger partial charge is 0.375 e. The summed E-state index contributed by atoms with van der Waals surface area (Å²) in [6, 6.07) is 1.87. The Morgan fingerprint density at radius 2 is 2.36 bits per heavy atom. The first-order chi connectivity index (χ1) is 10.8. The maximum atomic E-state index is 12.6. The number of hydrogen-bond donors (Lipinski definition) is 0. The molecule has 6 nitrogen and oxygen atoms in total. The molecule has 0 unspecified atom stereocenters. The van der Waals surface area contributed by atoms with Gasteiger partial charge < -0.3 is 14.4 Å². The molecule has 0 N–H and O–H groups in total. The standard InChI is InChI=1S/C16H21N3O3/c1-2-9-21-11-13-3-4-14-15(22-13)6-8-19(14)16(20)12-5-7-17-18-10-12/h2,5,7,10,13-15H,1,3-4,6,8-9,11H2/t13-,14+,15+/m0/s1. The van der Waals surface area contributed by atoms with Gasteiger partial charge in [0.05, 0.1) is 49.4 Å². The van der Waals surface area contributed by atoms with Gasteiger partial charge in [0.25, 0.3) is 5.91 Å². The third kappa shape index (κ3) is 3.18. The molecule has 0 bridgehead atoms. The summed E-state index contributed by atoms with van der Waals surface area (Å²) in [7, 11) is 0. The average molecular weight is 303 g/mol. The minimum atomic E-state index is 0.0207. The summed E-state index contributed by atoms with van der Waals surface area (Å²) in [6.07, 6.45) is 7.80. The molecular weight excluding hydrogens is 282 g/mol. The molecule has 1 amide bonds. The Hall–Kier alpha value is -1.79. The molecule has 2 aliphatic heterocycles. The SMILES string of the molecule is C=CCOC[C@@H]1CC[C@@H]2[C@@H](CCN2C(=O)c2ccnnc2)O1. The first-order valence-electron chi connectivity index (χ1n) is 7.71. The third-order valence-corrected chi connectivity index (χ3v) is 4.27. The van der Waals surface area contributed by atoms with Gasteiger partial charge in [-0.1, -0.05) is 6.08 Å². The van der Waals surface area contributed by atoms with E-state index in [1.54, 1.807) is 18.3 Å². The summed E-state index contributed by atoms with van der Waals surface area (Å²) in [4.78, 5) is 14.5. The molecule has 118 valence electrons. The lowest BCUT2D eigenvalue weighted by Gasteiger charge is -2.35. The van der Waals surface area contributed by atoms with Gasteiger partial charge in [-0.2, -0.15) is 10.2 Å². The van der Waals surface area contributed by atoms with E-state index in [9.17, 15) is 4.79 Å². The van der Waals surface area contributed by atoms with Crippen LogP contribution in [0.25, 0.3) is 0 Å². The Morgan fingerprint density at radius 3 is 3.14 bits per heavy atom. The van der Waals surface area contributed by atoms with E-state index < -0.39 is 0 Å². The van der Waals surface area contributed by atoms with Gasteiger partial charge in [-0.15, -0.1) is 6.58 Å². The second kappa shape index (κ2) is 6.98. The molecule has 22 heavy (non-hydrogen) atoms. The van der Waals surface area contributed by atoms with Gasteiger partial charge in [-0.3, -0.25) is 4.79 Å². The Labute approximate surface area is 130 Å². The van der Waals surface area contributed by atoms with E-state index in [4.69, 9.17) is 9.47 Å². The van der Waals surface area contributed by atoms with Crippen molar-refractivity contribution in [2.45, 2.75) is 37.5 Å². The van der Waals surface area contributed by atoms with Gasteiger partial charge >= 0.3 is 0 Å². The summed E-state index contributed by atoms with van der Waals surface area (Å²) in [6.45, 7) is 5.51. The second-order valence-electron chi connectivity index (χ2n) is 5.69. The highest BCUT2D eigenvalue weighted by Gasteiger charge is 2.42. The van der Waals surface area contributed by atoms with Crippen LogP contribution in [-0.2, 0) is 9.47 Å². The van der Waals surface area contributed by atoms with Gasteiger partial charge in [-0.25, -0.2) is 0 Å². The van der Waals surface area contributed by atoms with Crippen LogP contribution in [0.4, 0.5) is 0 Å². The van der Waals surface area contributed by atoms with Gasteiger partial charge in [-0.05, 0) is 25.3 Å². The molecule has 1 aromatic heterocycles. The Kier molecular flexibility index (Phi) is 4.80. The number of nitrogens with zero attached hydrogens (tertiary/aromatic N) is 3. The first kappa shape index (κ1) is 15.1. The summed E-state index contributed by atoms with van der Waals surface area (Å²) in [5.74, 6) is 0.0207. The number of fused-ring (bicyclic) bond motifs is 1. The summed E-state index contributed by atoms with van der Waals surface area (Å²) in [5, 5.41) is 7.50. The van der Waals surface area contributed by atoms with E-state index >= 15 is 0 Å². The minimum Gasteiger partial charge on any atom is -0.375 e. The number of likely N-dealkylation sites (tertiary alicyclic amines) is 1. The van der Waals surface area contributed by atoms with E-state index in [1.807, 2.05) is 4.90 Å². The van der Waals surface area contributed by atoms with E-state index in [0.717, 1.165) is 25.8 Å². The van der Waals surface area contributed by atoms with E-state index in [2.05, 4.69) is 16.8 Å². The highest BCUT2D eigenvalue weighted by atomic mass is 16.5. The molecule has 1 aromatic rings. The molecule has 2 aliphatic rings. The van der Waals surface area contributed by atoms with Gasteiger partial charge in [0.2, 0.25) is 0 Å². The van der Waals surface area contributed by atoms with Crippen LogP contribution in [0.15, 0.2) is 31.1 Å². The fourth-order valence-electron chi connectivity index (χ4n) is 3.24. The number of carbonyl (C=O) groups is 1. The van der Waals surface area contributed by atoms with Gasteiger partial charge in [0.15, 0.2) is 0 Å². The smallest absolute Gasteiger partial charge is 0.255 e. The molecule has 2 saturated heterocycles. The number of carbonyl (C=O) groups excluding carboxylic acids is 1. The van der Waals surface area contributed by atoms with Crippen molar-refractivity contribution in [3.63, 3.8) is 0 Å². The number of aromatic nitrogens is 2. The Bertz CT molecular complexity index is 523. The highest BCUT2D eigenvalue weighted by Crippen LogP contribution is 2.32. The molecule has 0 aromatic carbocycles. The summed E-state index contributed by atoms with van der Waals surface area (Å²) < 4.78 is 11.6. The zero-order chi connectivity index (χ0) is 15.4. The molecule has 0 spiro atoms. The number of rotatable bonds is 5. The van der Waals surface area contributed by atoms with Crippen molar-refractivity contribution < 1.29 is 14.3 Å². The maximum absolute atomic E-state index is 12.6. The first-order valence-corrected chi connectivity index (χ1v) is 7.71. The number of amides is 1. The summed E-state index contributed by atoms with van der Waals surface area (Å²) in [5.41, 5.74) is 0.590. The predicted octanol–water partition coefficient (Wildman–Crippen LogP) is 1.44. The predicted molar refractivity (Wildman–Crippen MR) is 80.4 cm³/mol. The Morgan fingerprint density at radius 1 is 1.45 bits per heavy atom. The van der Waals surface area contributed by atoms with Gasteiger partial charge in [0, 0.05) is 6.54 Å². The van der Waals surface area contributed by atoms with Crippen molar-refractivity contribution >= 4 is 5.91 Å². The zero-order valence-electron chi connectivity index (χ0n) is 12.6. The van der Waals surface area contributed by atoms with E-state index in [1.165, 1.54) is 6.20 Å². The van der Waals surface area contributed by atoms with E-state index in [0.29, 0.717) is 18.8 Å². The molecule has 3 rings (SSSR count). The average Bonchev–Trinajstić information content (AvgIpc) is 2.98. The topological polar surface area (TPSA) is 64.5 Å². The molecule has 0 aliphatic carbocycles. The fraction of sp³-hybridized carbons (Fsp3) is 0.562. The molecule has 0 saturated carbocycles. The maximum Gasteiger partial charge on any atom is 0.255 e. The molecule has 6 heteroatoms. The fourth-order valence-corrected chi connectivity index (χ4v) is 3.24. The van der Waals surface area contributed by atoms with Crippen LogP contribution in [0.5, 0.6) is 0 Å². The van der Waals surface area contributed by atoms with Crippen molar-refractivity contribution in [3.05, 3.63) is 36.7 Å². The molecule has 3 heterocycles.